The molecule has 128 valence electrons. The van der Waals surface area contributed by atoms with Crippen molar-refractivity contribution in [1.82, 2.24) is 9.97 Å². The molecule has 1 aromatic heterocycles. The van der Waals surface area contributed by atoms with Crippen molar-refractivity contribution in [3.8, 4) is 0 Å². The number of ether oxygens (including phenoxy) is 1. The predicted octanol–water partition coefficient (Wildman–Crippen LogP) is 3.09. The summed E-state index contributed by atoms with van der Waals surface area (Å²) in [4.78, 5) is 31.5. The third-order valence-electron chi connectivity index (χ3n) is 3.86. The standard InChI is InChI=1S/C19H19N3O3/c1-3-17-21-15-8-7-12(9-16(15)22-17)10-18(23)20-14-6-4-5-13(11-14)19(24)25-2/h4-9,11H,3,10H2,1-2H3,(H,20,23)(H,21,22). The highest BCUT2D eigenvalue weighted by molar-refractivity contribution is 5.95. The number of carbonyl (C=O) groups excluding carboxylic acids is 2. The summed E-state index contributed by atoms with van der Waals surface area (Å²) in [6.07, 6.45) is 1.07. The summed E-state index contributed by atoms with van der Waals surface area (Å²) in [5.41, 5.74) is 3.66. The minimum Gasteiger partial charge on any atom is -0.465 e. The number of nitrogens with one attached hydrogen (secondary N) is 2. The van der Waals surface area contributed by atoms with E-state index in [1.807, 2.05) is 25.1 Å². The van der Waals surface area contributed by atoms with Gasteiger partial charge in [0.2, 0.25) is 5.91 Å². The number of carbonyl (C=O) groups is 2. The Balaban J connectivity index is 1.71. The van der Waals surface area contributed by atoms with Crippen molar-refractivity contribution in [1.29, 1.82) is 0 Å². The molecular formula is C19H19N3O3. The topological polar surface area (TPSA) is 84.1 Å². The van der Waals surface area contributed by atoms with Crippen LogP contribution in [0.1, 0.15) is 28.7 Å². The number of rotatable bonds is 5. The molecular weight excluding hydrogens is 318 g/mol. The maximum atomic E-state index is 12.3. The van der Waals surface area contributed by atoms with Gasteiger partial charge in [-0.3, -0.25) is 4.79 Å². The zero-order valence-electron chi connectivity index (χ0n) is 14.1. The molecule has 2 aromatic carbocycles. The van der Waals surface area contributed by atoms with Crippen LogP contribution in [0.25, 0.3) is 11.0 Å². The Morgan fingerprint density at radius 3 is 2.80 bits per heavy atom. The van der Waals surface area contributed by atoms with Crippen LogP contribution >= 0.6 is 0 Å². The van der Waals surface area contributed by atoms with E-state index in [2.05, 4.69) is 20.0 Å². The molecule has 6 heteroatoms. The lowest BCUT2D eigenvalue weighted by Gasteiger charge is -2.07. The molecule has 0 spiro atoms. The first-order chi connectivity index (χ1) is 12.1. The Kier molecular flexibility index (Phi) is 4.79. The van der Waals surface area contributed by atoms with Crippen LogP contribution in [0.2, 0.25) is 0 Å². The largest absolute Gasteiger partial charge is 0.465 e. The summed E-state index contributed by atoms with van der Waals surface area (Å²) in [6, 6.07) is 12.4. The van der Waals surface area contributed by atoms with Crippen molar-refractivity contribution < 1.29 is 14.3 Å². The predicted molar refractivity (Wildman–Crippen MR) is 95.6 cm³/mol. The van der Waals surface area contributed by atoms with Crippen LogP contribution in [0.4, 0.5) is 5.69 Å². The molecule has 2 N–H and O–H groups in total. The van der Waals surface area contributed by atoms with Gasteiger partial charge >= 0.3 is 5.97 Å². The number of hydrogen-bond acceptors (Lipinski definition) is 4. The fourth-order valence-corrected chi connectivity index (χ4v) is 2.62. The zero-order chi connectivity index (χ0) is 17.8. The molecule has 1 heterocycles. The van der Waals surface area contributed by atoms with Gasteiger partial charge < -0.3 is 15.0 Å². The average molecular weight is 337 g/mol. The van der Waals surface area contributed by atoms with Gasteiger partial charge in [-0.1, -0.05) is 19.1 Å². The Morgan fingerprint density at radius 1 is 1.20 bits per heavy atom. The molecule has 1 amide bonds. The van der Waals surface area contributed by atoms with E-state index in [1.54, 1.807) is 24.3 Å². The molecule has 3 aromatic rings. The van der Waals surface area contributed by atoms with E-state index >= 15 is 0 Å². The molecule has 0 bridgehead atoms. The maximum absolute atomic E-state index is 12.3. The van der Waals surface area contributed by atoms with E-state index in [9.17, 15) is 9.59 Å². The van der Waals surface area contributed by atoms with E-state index in [4.69, 9.17) is 0 Å². The fraction of sp³-hybridized carbons (Fsp3) is 0.211. The third kappa shape index (κ3) is 3.85. The number of aryl methyl sites for hydroxylation is 1. The van der Waals surface area contributed by atoms with Gasteiger partial charge in [0.05, 0.1) is 30.1 Å². The number of imidazole rings is 1. The number of aromatic amines is 1. The monoisotopic (exact) mass is 337 g/mol. The minimum absolute atomic E-state index is 0.156. The minimum atomic E-state index is -0.437. The number of methoxy groups -OCH3 is 1. The van der Waals surface area contributed by atoms with Gasteiger partial charge in [-0.05, 0) is 35.9 Å². The number of benzene rings is 2. The Hall–Kier alpha value is -3.15. The number of nitrogens with zero attached hydrogens (tertiary/aromatic N) is 1. The van der Waals surface area contributed by atoms with Crippen molar-refractivity contribution in [3.05, 3.63) is 59.4 Å². The summed E-state index contributed by atoms with van der Waals surface area (Å²) < 4.78 is 4.68. The van der Waals surface area contributed by atoms with Crippen molar-refractivity contribution in [2.75, 3.05) is 12.4 Å². The molecule has 0 aliphatic carbocycles. The highest BCUT2D eigenvalue weighted by Gasteiger charge is 2.09. The van der Waals surface area contributed by atoms with Gasteiger partial charge in [-0.2, -0.15) is 0 Å². The lowest BCUT2D eigenvalue weighted by molar-refractivity contribution is -0.115. The normalized spacial score (nSPS) is 10.6. The van der Waals surface area contributed by atoms with Crippen LogP contribution in [0.15, 0.2) is 42.5 Å². The Labute approximate surface area is 145 Å². The van der Waals surface area contributed by atoms with Crippen LogP contribution in [0, 0.1) is 0 Å². The molecule has 0 saturated heterocycles. The fourth-order valence-electron chi connectivity index (χ4n) is 2.62. The second-order valence-electron chi connectivity index (χ2n) is 5.69. The van der Waals surface area contributed by atoms with Gasteiger partial charge in [0, 0.05) is 12.1 Å². The van der Waals surface area contributed by atoms with Crippen molar-refractivity contribution in [2.45, 2.75) is 19.8 Å². The number of fused-ring (bicyclic) bond motifs is 1. The van der Waals surface area contributed by atoms with E-state index in [0.717, 1.165) is 28.8 Å². The lowest BCUT2D eigenvalue weighted by Crippen LogP contribution is -2.14. The number of anilines is 1. The molecule has 0 saturated carbocycles. The number of esters is 1. The maximum Gasteiger partial charge on any atom is 0.337 e. The van der Waals surface area contributed by atoms with Crippen LogP contribution in [-0.4, -0.2) is 29.0 Å². The van der Waals surface area contributed by atoms with E-state index in [0.29, 0.717) is 11.3 Å². The highest BCUT2D eigenvalue weighted by atomic mass is 16.5. The zero-order valence-corrected chi connectivity index (χ0v) is 14.1. The molecule has 0 atom stereocenters. The van der Waals surface area contributed by atoms with Gasteiger partial charge in [0.25, 0.3) is 0 Å². The molecule has 0 aliphatic heterocycles. The van der Waals surface area contributed by atoms with Gasteiger partial charge in [0.15, 0.2) is 0 Å². The lowest BCUT2D eigenvalue weighted by atomic mass is 10.1. The smallest absolute Gasteiger partial charge is 0.337 e. The molecule has 0 unspecified atom stereocenters. The van der Waals surface area contributed by atoms with Crippen molar-refractivity contribution >= 4 is 28.6 Å². The summed E-state index contributed by atoms with van der Waals surface area (Å²) in [7, 11) is 1.32. The van der Waals surface area contributed by atoms with Crippen molar-refractivity contribution in [3.63, 3.8) is 0 Å². The highest BCUT2D eigenvalue weighted by Crippen LogP contribution is 2.16. The molecule has 0 fully saturated rings. The number of H-pyrrole nitrogens is 1. The van der Waals surface area contributed by atoms with Crippen LogP contribution < -0.4 is 5.32 Å². The summed E-state index contributed by atoms with van der Waals surface area (Å²) >= 11 is 0. The van der Waals surface area contributed by atoms with E-state index in [-0.39, 0.29) is 12.3 Å². The quantitative estimate of drug-likeness (QED) is 0.701. The van der Waals surface area contributed by atoms with E-state index in [1.165, 1.54) is 7.11 Å². The molecule has 3 rings (SSSR count). The Morgan fingerprint density at radius 2 is 2.04 bits per heavy atom. The number of aromatic nitrogens is 2. The van der Waals surface area contributed by atoms with Gasteiger partial charge in [0.1, 0.15) is 5.82 Å². The average Bonchev–Trinajstić information content (AvgIpc) is 3.03. The first-order valence-electron chi connectivity index (χ1n) is 8.05. The van der Waals surface area contributed by atoms with Gasteiger partial charge in [-0.15, -0.1) is 0 Å². The number of hydrogen-bond donors (Lipinski definition) is 2. The molecule has 6 nitrogen and oxygen atoms in total. The second kappa shape index (κ2) is 7.17. The summed E-state index contributed by atoms with van der Waals surface area (Å²) in [5, 5.41) is 2.80. The summed E-state index contributed by atoms with van der Waals surface area (Å²) in [5.74, 6) is 0.334. The second-order valence-corrected chi connectivity index (χ2v) is 5.69. The van der Waals surface area contributed by atoms with Crippen LogP contribution in [0.3, 0.4) is 0 Å². The number of amides is 1. The van der Waals surface area contributed by atoms with Gasteiger partial charge in [-0.25, -0.2) is 9.78 Å². The first kappa shape index (κ1) is 16.7. The molecule has 25 heavy (non-hydrogen) atoms. The molecule has 0 aliphatic rings. The van der Waals surface area contributed by atoms with E-state index < -0.39 is 5.97 Å². The molecule has 0 radical (unpaired) electrons. The third-order valence-corrected chi connectivity index (χ3v) is 3.86. The first-order valence-corrected chi connectivity index (χ1v) is 8.05. The SMILES string of the molecule is CCc1nc2ccc(CC(=O)Nc3cccc(C(=O)OC)c3)cc2[nH]1. The summed E-state index contributed by atoms with van der Waals surface area (Å²) in [6.45, 7) is 2.04. The Bertz CT molecular complexity index is 931. The van der Waals surface area contributed by atoms with Crippen LogP contribution in [-0.2, 0) is 22.4 Å². The van der Waals surface area contributed by atoms with Crippen molar-refractivity contribution in [2.24, 2.45) is 0 Å². The van der Waals surface area contributed by atoms with Crippen LogP contribution in [0.5, 0.6) is 0 Å².